The maximum Gasteiger partial charge on any atom is 0.311 e. The van der Waals surface area contributed by atoms with E-state index < -0.39 is 11.4 Å². The summed E-state index contributed by atoms with van der Waals surface area (Å²) in [6.45, 7) is 0.359. The number of nitrogens with one attached hydrogen (secondary N) is 1. The Morgan fingerprint density at radius 3 is 2.57 bits per heavy atom. The molecule has 7 heteroatoms. The van der Waals surface area contributed by atoms with Crippen LogP contribution in [0.5, 0.6) is 5.75 Å². The lowest BCUT2D eigenvalue weighted by atomic mass is 10.1. The highest BCUT2D eigenvalue weighted by molar-refractivity contribution is 6.42. The lowest BCUT2D eigenvalue weighted by Gasteiger charge is -2.11. The molecule has 1 amide bonds. The number of hydrogen-bond acceptors (Lipinski definition) is 3. The second-order valence-electron chi connectivity index (χ2n) is 5.04. The van der Waals surface area contributed by atoms with Crippen LogP contribution in [-0.2, 0) is 9.59 Å². The Bertz CT molecular complexity index is 558. The van der Waals surface area contributed by atoms with Crippen molar-refractivity contribution in [2.24, 2.45) is 5.41 Å². The highest BCUT2D eigenvalue weighted by Crippen LogP contribution is 2.45. The number of halogens is 2. The Balaban J connectivity index is 1.69. The van der Waals surface area contributed by atoms with Gasteiger partial charge in [-0.2, -0.15) is 0 Å². The van der Waals surface area contributed by atoms with Gasteiger partial charge in [-0.1, -0.05) is 23.2 Å². The SMILES string of the molecule is O=C(CCOc1ccc(Cl)c(Cl)c1)NCC1(C(=O)O)CC1. The summed E-state index contributed by atoms with van der Waals surface area (Å²) in [4.78, 5) is 22.6. The van der Waals surface area contributed by atoms with E-state index in [4.69, 9.17) is 33.0 Å². The lowest BCUT2D eigenvalue weighted by Crippen LogP contribution is -2.34. The van der Waals surface area contributed by atoms with Crippen molar-refractivity contribution in [1.29, 1.82) is 0 Å². The minimum atomic E-state index is -0.852. The normalized spacial score (nSPS) is 15.3. The third-order valence-corrected chi connectivity index (χ3v) is 4.16. The van der Waals surface area contributed by atoms with Crippen LogP contribution in [0.1, 0.15) is 19.3 Å². The van der Waals surface area contributed by atoms with E-state index in [0.717, 1.165) is 0 Å². The van der Waals surface area contributed by atoms with Gasteiger partial charge in [0.05, 0.1) is 28.5 Å². The van der Waals surface area contributed by atoms with Crippen molar-refractivity contribution in [2.75, 3.05) is 13.2 Å². The Morgan fingerprint density at radius 2 is 2.00 bits per heavy atom. The quantitative estimate of drug-likeness (QED) is 0.805. The van der Waals surface area contributed by atoms with Gasteiger partial charge in [-0.3, -0.25) is 9.59 Å². The molecule has 0 heterocycles. The molecular formula is C14H15Cl2NO4. The fourth-order valence-corrected chi connectivity index (χ4v) is 2.09. The van der Waals surface area contributed by atoms with Gasteiger partial charge >= 0.3 is 5.97 Å². The number of carboxylic acids is 1. The van der Waals surface area contributed by atoms with E-state index in [0.29, 0.717) is 28.6 Å². The third-order valence-electron chi connectivity index (χ3n) is 3.42. The maximum atomic E-state index is 11.6. The van der Waals surface area contributed by atoms with Crippen LogP contribution >= 0.6 is 23.2 Å². The van der Waals surface area contributed by atoms with Gasteiger partial charge in [-0.15, -0.1) is 0 Å². The van der Waals surface area contributed by atoms with Gasteiger partial charge in [0.25, 0.3) is 0 Å². The molecule has 0 unspecified atom stereocenters. The van der Waals surface area contributed by atoms with E-state index in [1.165, 1.54) is 0 Å². The topological polar surface area (TPSA) is 75.6 Å². The number of aliphatic carboxylic acids is 1. The Hall–Kier alpha value is -1.46. The first-order valence-corrected chi connectivity index (χ1v) is 7.26. The molecule has 0 aliphatic heterocycles. The largest absolute Gasteiger partial charge is 0.493 e. The Labute approximate surface area is 132 Å². The van der Waals surface area contributed by atoms with Crippen LogP contribution in [0.25, 0.3) is 0 Å². The van der Waals surface area contributed by atoms with Crippen molar-refractivity contribution >= 4 is 35.1 Å². The summed E-state index contributed by atoms with van der Waals surface area (Å²) in [5.41, 5.74) is -0.750. The van der Waals surface area contributed by atoms with Crippen molar-refractivity contribution in [3.05, 3.63) is 28.2 Å². The zero-order valence-electron chi connectivity index (χ0n) is 11.2. The number of ether oxygens (including phenoxy) is 1. The summed E-state index contributed by atoms with van der Waals surface area (Å²) in [6, 6.07) is 4.85. The first kappa shape index (κ1) is 15.9. The molecule has 1 aliphatic carbocycles. The van der Waals surface area contributed by atoms with E-state index in [-0.39, 0.29) is 25.5 Å². The molecule has 114 valence electrons. The molecule has 1 aromatic rings. The molecule has 0 aromatic heterocycles. The number of rotatable bonds is 7. The summed E-state index contributed by atoms with van der Waals surface area (Å²) < 4.78 is 5.39. The molecule has 1 aliphatic rings. The van der Waals surface area contributed by atoms with Crippen LogP contribution in [0.2, 0.25) is 10.0 Å². The van der Waals surface area contributed by atoms with E-state index in [9.17, 15) is 9.59 Å². The molecular weight excluding hydrogens is 317 g/mol. The van der Waals surface area contributed by atoms with Crippen molar-refractivity contribution in [3.8, 4) is 5.75 Å². The predicted octanol–water partition coefficient (Wildman–Crippen LogP) is 2.74. The van der Waals surface area contributed by atoms with Crippen LogP contribution in [0.15, 0.2) is 18.2 Å². The summed E-state index contributed by atoms with van der Waals surface area (Å²) in [5.74, 6) is -0.557. The molecule has 1 saturated carbocycles. The molecule has 1 fully saturated rings. The highest BCUT2D eigenvalue weighted by Gasteiger charge is 2.50. The molecule has 0 spiro atoms. The van der Waals surface area contributed by atoms with E-state index in [1.807, 2.05) is 0 Å². The third kappa shape index (κ3) is 4.25. The fraction of sp³-hybridized carbons (Fsp3) is 0.429. The summed E-state index contributed by atoms with van der Waals surface area (Å²) in [5, 5.41) is 12.4. The molecule has 0 radical (unpaired) electrons. The van der Waals surface area contributed by atoms with Crippen LogP contribution in [0.3, 0.4) is 0 Å². The van der Waals surface area contributed by atoms with Gasteiger partial charge in [0.2, 0.25) is 5.91 Å². The number of benzene rings is 1. The molecule has 2 rings (SSSR count). The number of carbonyl (C=O) groups is 2. The molecule has 21 heavy (non-hydrogen) atoms. The van der Waals surface area contributed by atoms with Crippen molar-refractivity contribution in [2.45, 2.75) is 19.3 Å². The van der Waals surface area contributed by atoms with Gasteiger partial charge in [0.15, 0.2) is 0 Å². The Morgan fingerprint density at radius 1 is 1.29 bits per heavy atom. The first-order chi connectivity index (χ1) is 9.93. The highest BCUT2D eigenvalue weighted by atomic mass is 35.5. The lowest BCUT2D eigenvalue weighted by molar-refractivity contribution is -0.143. The smallest absolute Gasteiger partial charge is 0.311 e. The average molecular weight is 332 g/mol. The number of carboxylic acid groups (broad SMARTS) is 1. The van der Waals surface area contributed by atoms with Crippen LogP contribution < -0.4 is 10.1 Å². The van der Waals surface area contributed by atoms with Crippen molar-refractivity contribution < 1.29 is 19.4 Å². The summed E-state index contributed by atoms with van der Waals surface area (Å²) >= 11 is 11.6. The zero-order valence-corrected chi connectivity index (χ0v) is 12.7. The van der Waals surface area contributed by atoms with Gasteiger partial charge < -0.3 is 15.2 Å². The fourth-order valence-electron chi connectivity index (χ4n) is 1.80. The molecule has 0 saturated heterocycles. The second-order valence-corrected chi connectivity index (χ2v) is 5.85. The van der Waals surface area contributed by atoms with Gasteiger partial charge in [0, 0.05) is 12.6 Å². The van der Waals surface area contributed by atoms with Gasteiger partial charge in [0.1, 0.15) is 5.75 Å². The molecule has 5 nitrogen and oxygen atoms in total. The van der Waals surface area contributed by atoms with Gasteiger partial charge in [-0.25, -0.2) is 0 Å². The Kier molecular flexibility index (Phi) is 4.96. The van der Waals surface area contributed by atoms with Crippen molar-refractivity contribution in [3.63, 3.8) is 0 Å². The van der Waals surface area contributed by atoms with Crippen LogP contribution in [0.4, 0.5) is 0 Å². The maximum absolute atomic E-state index is 11.6. The van der Waals surface area contributed by atoms with E-state index in [2.05, 4.69) is 5.32 Å². The van der Waals surface area contributed by atoms with Crippen LogP contribution in [0, 0.1) is 5.41 Å². The standard InChI is InChI=1S/C14H15Cl2NO4/c15-10-2-1-9(7-11(10)16)21-6-3-12(18)17-8-14(4-5-14)13(19)20/h1-2,7H,3-6,8H2,(H,17,18)(H,19,20). The molecule has 0 atom stereocenters. The number of carbonyl (C=O) groups excluding carboxylic acids is 1. The van der Waals surface area contributed by atoms with E-state index >= 15 is 0 Å². The zero-order chi connectivity index (χ0) is 15.5. The minimum absolute atomic E-state index is 0.149. The summed E-state index contributed by atoms with van der Waals surface area (Å²) in [7, 11) is 0. The van der Waals surface area contributed by atoms with Crippen LogP contribution in [-0.4, -0.2) is 30.1 Å². The first-order valence-electron chi connectivity index (χ1n) is 6.51. The molecule has 1 aromatic carbocycles. The van der Waals surface area contributed by atoms with Gasteiger partial charge in [-0.05, 0) is 25.0 Å². The molecule has 0 bridgehead atoms. The predicted molar refractivity (Wildman–Crippen MR) is 78.9 cm³/mol. The minimum Gasteiger partial charge on any atom is -0.493 e. The monoisotopic (exact) mass is 331 g/mol. The number of amides is 1. The second kappa shape index (κ2) is 6.54. The van der Waals surface area contributed by atoms with Crippen molar-refractivity contribution in [1.82, 2.24) is 5.32 Å². The molecule has 2 N–H and O–H groups in total. The average Bonchev–Trinajstić information content (AvgIpc) is 3.22. The van der Waals surface area contributed by atoms with E-state index in [1.54, 1.807) is 18.2 Å². The summed E-state index contributed by atoms with van der Waals surface area (Å²) in [6.07, 6.45) is 1.38. The number of hydrogen-bond donors (Lipinski definition) is 2.